The highest BCUT2D eigenvalue weighted by Gasteiger charge is 2.22. The summed E-state index contributed by atoms with van der Waals surface area (Å²) in [6.07, 6.45) is 5.18. The van der Waals surface area contributed by atoms with E-state index in [-0.39, 0.29) is 5.82 Å². The molecule has 0 amide bonds. The lowest BCUT2D eigenvalue weighted by atomic mass is 9.93. The number of fused-ring (bicyclic) bond motifs is 1. The average Bonchev–Trinajstić information content (AvgIpc) is 3.36. The van der Waals surface area contributed by atoms with Gasteiger partial charge in [-0.05, 0) is 73.8 Å². The minimum absolute atomic E-state index is 0.207. The van der Waals surface area contributed by atoms with E-state index in [2.05, 4.69) is 44.8 Å². The number of carboxylic acid groups (broad SMARTS) is 4. The number of nitrogens with zero attached hydrogens (tertiary/aromatic N) is 4. The van der Waals surface area contributed by atoms with Gasteiger partial charge in [0, 0.05) is 29.8 Å². The number of hydrogen-bond donors (Lipinski definition) is 4. The van der Waals surface area contributed by atoms with E-state index in [1.54, 1.807) is 0 Å². The normalized spacial score (nSPS) is 13.2. The Morgan fingerprint density at radius 2 is 1.42 bits per heavy atom. The van der Waals surface area contributed by atoms with E-state index >= 15 is 0 Å². The Morgan fingerprint density at radius 1 is 0.822 bits per heavy atom. The maximum absolute atomic E-state index is 13.4. The van der Waals surface area contributed by atoms with Crippen molar-refractivity contribution in [2.75, 3.05) is 25.4 Å². The van der Waals surface area contributed by atoms with Crippen LogP contribution in [0.1, 0.15) is 24.2 Å². The van der Waals surface area contributed by atoms with Crippen molar-refractivity contribution in [2.45, 2.75) is 30.7 Å². The molecule has 2 aromatic heterocycles. The van der Waals surface area contributed by atoms with Crippen LogP contribution in [-0.4, -0.2) is 89.1 Å². The van der Waals surface area contributed by atoms with E-state index < -0.39 is 23.9 Å². The van der Waals surface area contributed by atoms with Crippen molar-refractivity contribution in [3.8, 4) is 0 Å². The number of likely N-dealkylation sites (tertiary alicyclic amines) is 1. The minimum Gasteiger partial charge on any atom is -0.473 e. The van der Waals surface area contributed by atoms with Gasteiger partial charge in [-0.3, -0.25) is 0 Å². The van der Waals surface area contributed by atoms with E-state index in [1.807, 2.05) is 42.2 Å². The third-order valence-corrected chi connectivity index (χ3v) is 7.79. The summed E-state index contributed by atoms with van der Waals surface area (Å²) in [6.45, 7) is 4.10. The third kappa shape index (κ3) is 11.7. The highest BCUT2D eigenvalue weighted by molar-refractivity contribution is 7.99. The van der Waals surface area contributed by atoms with Crippen LogP contribution in [0.25, 0.3) is 11.2 Å². The molecule has 1 fully saturated rings. The molecule has 4 aromatic rings. The summed E-state index contributed by atoms with van der Waals surface area (Å²) in [7, 11) is 0. The van der Waals surface area contributed by atoms with Gasteiger partial charge >= 0.3 is 23.9 Å². The van der Waals surface area contributed by atoms with Crippen LogP contribution in [0.4, 0.5) is 4.39 Å². The number of carboxylic acids is 4. The Bertz CT molecular complexity index is 1530. The lowest BCUT2D eigenvalue weighted by Gasteiger charge is -2.31. The first-order valence-electron chi connectivity index (χ1n) is 13.9. The molecular weight excluding hydrogens is 607 g/mol. The fraction of sp³-hybridized carbons (Fsp3) is 0.290. The zero-order valence-electron chi connectivity index (χ0n) is 24.2. The van der Waals surface area contributed by atoms with E-state index in [9.17, 15) is 4.39 Å². The largest absolute Gasteiger partial charge is 0.473 e. The summed E-state index contributed by atoms with van der Waals surface area (Å²) in [5, 5.41) is 29.6. The van der Waals surface area contributed by atoms with Crippen molar-refractivity contribution < 1.29 is 44.0 Å². The van der Waals surface area contributed by atoms with E-state index in [0.29, 0.717) is 12.5 Å². The molecule has 0 atom stereocenters. The van der Waals surface area contributed by atoms with Crippen molar-refractivity contribution in [3.05, 3.63) is 90.1 Å². The lowest BCUT2D eigenvalue weighted by molar-refractivity contribution is -0.159. The molecule has 12 nitrogen and oxygen atoms in total. The second-order valence-electron chi connectivity index (χ2n) is 9.96. The molecule has 45 heavy (non-hydrogen) atoms. The molecule has 0 radical (unpaired) electrons. The van der Waals surface area contributed by atoms with Gasteiger partial charge in [0.15, 0.2) is 5.65 Å². The Morgan fingerprint density at radius 3 is 2.00 bits per heavy atom. The van der Waals surface area contributed by atoms with E-state index in [4.69, 9.17) is 44.6 Å². The molecule has 14 heteroatoms. The maximum atomic E-state index is 13.4. The minimum atomic E-state index is -1.82. The van der Waals surface area contributed by atoms with Gasteiger partial charge in [0.1, 0.15) is 17.2 Å². The SMILES string of the molecule is Fc1ccc(Cn2c(CC3CCN(CCSc4ccccc4)CC3)nc3cccnc32)cc1.O=C(O)C(=O)O.O=C(O)C(=O)O. The number of pyridine rings is 1. The van der Waals surface area contributed by atoms with Crippen LogP contribution in [0.5, 0.6) is 0 Å². The fourth-order valence-corrected chi connectivity index (χ4v) is 5.52. The number of benzene rings is 2. The van der Waals surface area contributed by atoms with Gasteiger partial charge < -0.3 is 29.9 Å². The molecular formula is C31H33FN4O8S. The van der Waals surface area contributed by atoms with Crippen molar-refractivity contribution >= 4 is 46.8 Å². The Hall–Kier alpha value is -4.82. The Kier molecular flexibility index (Phi) is 13.5. The number of aliphatic carboxylic acids is 4. The smallest absolute Gasteiger partial charge is 0.414 e. The lowest BCUT2D eigenvalue weighted by Crippen LogP contribution is -2.36. The zero-order valence-corrected chi connectivity index (χ0v) is 25.0. The summed E-state index contributed by atoms with van der Waals surface area (Å²) in [5.41, 5.74) is 2.91. The number of thioether (sulfide) groups is 1. The zero-order chi connectivity index (χ0) is 32.8. The Balaban J connectivity index is 0.000000392. The van der Waals surface area contributed by atoms with Crippen molar-refractivity contribution in [2.24, 2.45) is 5.92 Å². The standard InChI is InChI=1S/C27H29FN4S.2C2H2O4/c28-23-10-8-22(9-11-23)20-32-26(30-25-7-4-14-29-27(25)32)19-21-12-15-31(16-13-21)17-18-33-24-5-2-1-3-6-24;2*3-1(4)2(5)6/h1-11,14,21H,12-13,15-20H2;2*(H,3,4)(H,5,6). The number of hydrogen-bond acceptors (Lipinski definition) is 8. The monoisotopic (exact) mass is 640 g/mol. The number of aromatic nitrogens is 3. The molecule has 4 N–H and O–H groups in total. The second kappa shape index (κ2) is 17.5. The molecule has 5 rings (SSSR count). The number of halogens is 1. The van der Waals surface area contributed by atoms with Crippen LogP contribution in [0.2, 0.25) is 0 Å². The summed E-state index contributed by atoms with van der Waals surface area (Å²) >= 11 is 1.94. The van der Waals surface area contributed by atoms with Crippen LogP contribution < -0.4 is 0 Å². The molecule has 238 valence electrons. The molecule has 0 unspecified atom stereocenters. The quantitative estimate of drug-likeness (QED) is 0.161. The van der Waals surface area contributed by atoms with Crippen LogP contribution in [0.3, 0.4) is 0 Å². The molecule has 3 heterocycles. The second-order valence-corrected chi connectivity index (χ2v) is 11.1. The molecule has 0 bridgehead atoms. The third-order valence-electron chi connectivity index (χ3n) is 6.80. The molecule has 0 aliphatic carbocycles. The summed E-state index contributed by atoms with van der Waals surface area (Å²) in [5.74, 6) is -4.65. The first-order valence-corrected chi connectivity index (χ1v) is 14.9. The molecule has 1 saturated heterocycles. The molecule has 0 saturated carbocycles. The van der Waals surface area contributed by atoms with Crippen molar-refractivity contribution in [1.29, 1.82) is 0 Å². The highest BCUT2D eigenvalue weighted by Crippen LogP contribution is 2.25. The van der Waals surface area contributed by atoms with E-state index in [0.717, 1.165) is 54.4 Å². The molecule has 1 aliphatic heterocycles. The molecule has 0 spiro atoms. The molecule has 1 aliphatic rings. The van der Waals surface area contributed by atoms with Crippen molar-refractivity contribution in [3.63, 3.8) is 0 Å². The van der Waals surface area contributed by atoms with Gasteiger partial charge in [-0.1, -0.05) is 30.3 Å². The number of piperidine rings is 1. The van der Waals surface area contributed by atoms with Gasteiger partial charge in [-0.2, -0.15) is 0 Å². The summed E-state index contributed by atoms with van der Waals surface area (Å²) in [6, 6.07) is 21.3. The number of rotatable bonds is 8. The maximum Gasteiger partial charge on any atom is 0.414 e. The van der Waals surface area contributed by atoms with E-state index in [1.165, 1.54) is 29.9 Å². The van der Waals surface area contributed by atoms with Gasteiger partial charge in [0.25, 0.3) is 0 Å². The first-order chi connectivity index (χ1) is 21.5. The average molecular weight is 641 g/mol. The predicted molar refractivity (Wildman–Crippen MR) is 164 cm³/mol. The summed E-state index contributed by atoms with van der Waals surface area (Å²) in [4.78, 5) is 49.9. The highest BCUT2D eigenvalue weighted by atomic mass is 32.2. The van der Waals surface area contributed by atoms with Gasteiger partial charge in [0.05, 0.1) is 6.54 Å². The fourth-order valence-electron chi connectivity index (χ4n) is 4.58. The van der Waals surface area contributed by atoms with Crippen LogP contribution in [0, 0.1) is 11.7 Å². The van der Waals surface area contributed by atoms with Crippen molar-refractivity contribution in [1.82, 2.24) is 19.4 Å². The van der Waals surface area contributed by atoms with Gasteiger partial charge in [0.2, 0.25) is 0 Å². The van der Waals surface area contributed by atoms with Gasteiger partial charge in [-0.15, -0.1) is 11.8 Å². The first kappa shape index (κ1) is 34.7. The van der Waals surface area contributed by atoms with Gasteiger partial charge in [-0.25, -0.2) is 33.5 Å². The summed E-state index contributed by atoms with van der Waals surface area (Å²) < 4.78 is 15.6. The van der Waals surface area contributed by atoms with Crippen LogP contribution >= 0.6 is 11.8 Å². The topological polar surface area (TPSA) is 183 Å². The number of imidazole rings is 1. The Labute approximate surface area is 262 Å². The van der Waals surface area contributed by atoms with Crippen LogP contribution in [-0.2, 0) is 32.1 Å². The number of carbonyl (C=O) groups is 4. The predicted octanol–water partition coefficient (Wildman–Crippen LogP) is 3.98. The molecule has 2 aromatic carbocycles. The van der Waals surface area contributed by atoms with Crippen LogP contribution in [0.15, 0.2) is 77.8 Å².